The number of hydrogen-bond acceptors (Lipinski definition) is 4. The molecule has 5 heteroatoms. The number of nitrogens with zero attached hydrogens (tertiary/aromatic N) is 1. The molecule has 1 aromatic rings. The minimum atomic E-state index is -0.694. The van der Waals surface area contributed by atoms with Gasteiger partial charge in [-0.1, -0.05) is 24.3 Å². The number of rotatable bonds is 3. The number of methoxy groups -OCH3 is 1. The number of anilines is 1. The molecule has 0 aromatic heterocycles. The van der Waals surface area contributed by atoms with E-state index in [9.17, 15) is 14.4 Å². The van der Waals surface area contributed by atoms with E-state index in [1.807, 2.05) is 41.3 Å². The first kappa shape index (κ1) is 16.1. The van der Waals surface area contributed by atoms with E-state index in [-0.39, 0.29) is 35.9 Å². The lowest BCUT2D eigenvalue weighted by Gasteiger charge is -2.35. The number of para-hydroxylation sites is 1. The molecule has 1 saturated carbocycles. The zero-order chi connectivity index (χ0) is 17.6. The van der Waals surface area contributed by atoms with E-state index in [0.29, 0.717) is 19.4 Å². The van der Waals surface area contributed by atoms with Gasteiger partial charge in [0.15, 0.2) is 5.78 Å². The van der Waals surface area contributed by atoms with Gasteiger partial charge in [0, 0.05) is 24.6 Å². The zero-order valence-corrected chi connectivity index (χ0v) is 14.2. The molecule has 1 saturated heterocycles. The Morgan fingerprint density at radius 3 is 2.76 bits per heavy atom. The van der Waals surface area contributed by atoms with Gasteiger partial charge < -0.3 is 9.64 Å². The van der Waals surface area contributed by atoms with Gasteiger partial charge in [0.2, 0.25) is 5.91 Å². The fourth-order valence-electron chi connectivity index (χ4n) is 5.16. The molecule has 2 fully saturated rings. The summed E-state index contributed by atoms with van der Waals surface area (Å²) in [6.07, 6.45) is 4.91. The summed E-state index contributed by atoms with van der Waals surface area (Å²) in [5, 5.41) is 0. The van der Waals surface area contributed by atoms with Crippen LogP contribution in [0.15, 0.2) is 42.5 Å². The summed E-state index contributed by atoms with van der Waals surface area (Å²) in [6, 6.07) is 9.61. The predicted octanol–water partition coefficient (Wildman–Crippen LogP) is 2.36. The number of amides is 1. The Labute approximate surface area is 146 Å². The largest absolute Gasteiger partial charge is 0.469 e. The highest BCUT2D eigenvalue weighted by Gasteiger charge is 2.66. The summed E-state index contributed by atoms with van der Waals surface area (Å²) < 4.78 is 4.80. The SMILES string of the molecule is COC(=O)C[C@H]1C[C@@H]2CN(c3ccccc3)C(=O)[C@]23CC=CC(=O)[C@@H]13. The van der Waals surface area contributed by atoms with Gasteiger partial charge in [0.1, 0.15) is 0 Å². The van der Waals surface area contributed by atoms with E-state index in [0.717, 1.165) is 5.69 Å². The number of esters is 1. The topological polar surface area (TPSA) is 63.7 Å². The van der Waals surface area contributed by atoms with Gasteiger partial charge in [-0.3, -0.25) is 14.4 Å². The van der Waals surface area contributed by atoms with E-state index in [1.54, 1.807) is 6.08 Å². The van der Waals surface area contributed by atoms with Crippen LogP contribution in [0.4, 0.5) is 5.69 Å². The number of carbonyl (C=O) groups is 3. The van der Waals surface area contributed by atoms with Crippen LogP contribution in [-0.4, -0.2) is 31.3 Å². The Bertz CT molecular complexity index is 756. The molecule has 0 bridgehead atoms. The van der Waals surface area contributed by atoms with Crippen LogP contribution in [0.3, 0.4) is 0 Å². The van der Waals surface area contributed by atoms with E-state index < -0.39 is 11.3 Å². The van der Waals surface area contributed by atoms with E-state index in [2.05, 4.69) is 0 Å². The highest BCUT2D eigenvalue weighted by atomic mass is 16.5. The van der Waals surface area contributed by atoms with E-state index in [4.69, 9.17) is 4.74 Å². The molecule has 0 N–H and O–H groups in total. The normalized spacial score (nSPS) is 33.3. The molecule has 2 aliphatic carbocycles. The van der Waals surface area contributed by atoms with Crippen LogP contribution >= 0.6 is 0 Å². The Hall–Kier alpha value is -2.43. The van der Waals surface area contributed by atoms with Crippen LogP contribution in [0.25, 0.3) is 0 Å². The van der Waals surface area contributed by atoms with Gasteiger partial charge in [-0.05, 0) is 42.9 Å². The first-order chi connectivity index (χ1) is 12.1. The van der Waals surface area contributed by atoms with Crippen LogP contribution in [0.5, 0.6) is 0 Å². The smallest absolute Gasteiger partial charge is 0.305 e. The second-order valence-corrected chi connectivity index (χ2v) is 7.25. The molecule has 1 aromatic carbocycles. The first-order valence-electron chi connectivity index (χ1n) is 8.72. The quantitative estimate of drug-likeness (QED) is 0.793. The number of carbonyl (C=O) groups excluding carboxylic acids is 3. The Morgan fingerprint density at radius 2 is 2.04 bits per heavy atom. The van der Waals surface area contributed by atoms with Crippen molar-refractivity contribution in [3.63, 3.8) is 0 Å². The number of allylic oxidation sites excluding steroid dienone is 2. The maximum Gasteiger partial charge on any atom is 0.305 e. The standard InChI is InChI=1S/C20H21NO4/c1-25-17(23)11-13-10-14-12-21(15-6-3-2-4-7-15)19(24)20(14)9-5-8-16(22)18(13)20/h2-8,13-14,18H,9-12H2,1H3/t13-,14-,18-,20-/m1/s1. The summed E-state index contributed by atoms with van der Waals surface area (Å²) in [4.78, 5) is 39.7. The Kier molecular flexibility index (Phi) is 3.74. The monoisotopic (exact) mass is 339 g/mol. The van der Waals surface area contributed by atoms with Crippen molar-refractivity contribution in [2.24, 2.45) is 23.2 Å². The second kappa shape index (κ2) is 5.83. The summed E-state index contributed by atoms with van der Waals surface area (Å²) in [5.41, 5.74) is 0.182. The second-order valence-electron chi connectivity index (χ2n) is 7.25. The van der Waals surface area contributed by atoms with Gasteiger partial charge in [-0.15, -0.1) is 0 Å². The van der Waals surface area contributed by atoms with Crippen LogP contribution in [-0.2, 0) is 19.1 Å². The molecule has 1 spiro atoms. The van der Waals surface area contributed by atoms with Crippen molar-refractivity contribution < 1.29 is 19.1 Å². The van der Waals surface area contributed by atoms with E-state index in [1.165, 1.54) is 7.11 Å². The van der Waals surface area contributed by atoms with Crippen LogP contribution in [0.2, 0.25) is 0 Å². The summed E-state index contributed by atoms with van der Waals surface area (Å²) in [6.45, 7) is 0.609. The maximum absolute atomic E-state index is 13.4. The molecular formula is C20H21NO4. The lowest BCUT2D eigenvalue weighted by Crippen LogP contribution is -2.45. The first-order valence-corrected chi connectivity index (χ1v) is 8.72. The summed E-state index contributed by atoms with van der Waals surface area (Å²) >= 11 is 0. The van der Waals surface area contributed by atoms with Crippen LogP contribution < -0.4 is 4.90 Å². The van der Waals surface area contributed by atoms with E-state index >= 15 is 0 Å². The van der Waals surface area contributed by atoms with Crippen molar-refractivity contribution in [2.45, 2.75) is 19.3 Å². The fraction of sp³-hybridized carbons (Fsp3) is 0.450. The highest BCUT2D eigenvalue weighted by molar-refractivity contribution is 6.07. The van der Waals surface area contributed by atoms with Crippen molar-refractivity contribution in [1.29, 1.82) is 0 Å². The zero-order valence-electron chi connectivity index (χ0n) is 14.2. The third-order valence-electron chi connectivity index (χ3n) is 6.16. The minimum Gasteiger partial charge on any atom is -0.469 e. The molecular weight excluding hydrogens is 318 g/mol. The highest BCUT2D eigenvalue weighted by Crippen LogP contribution is 2.60. The maximum atomic E-state index is 13.4. The van der Waals surface area contributed by atoms with Crippen molar-refractivity contribution in [2.75, 3.05) is 18.6 Å². The molecule has 130 valence electrons. The lowest BCUT2D eigenvalue weighted by atomic mass is 9.65. The number of ketones is 1. The predicted molar refractivity (Wildman–Crippen MR) is 91.7 cm³/mol. The molecule has 1 heterocycles. The number of ether oxygens (including phenoxy) is 1. The minimum absolute atomic E-state index is 0.0223. The fourth-order valence-corrected chi connectivity index (χ4v) is 5.16. The van der Waals surface area contributed by atoms with Crippen molar-refractivity contribution >= 4 is 23.3 Å². The molecule has 4 atom stereocenters. The number of hydrogen-bond donors (Lipinski definition) is 0. The molecule has 1 aliphatic heterocycles. The van der Waals surface area contributed by atoms with Gasteiger partial charge in [-0.2, -0.15) is 0 Å². The molecule has 5 nitrogen and oxygen atoms in total. The molecule has 4 rings (SSSR count). The Morgan fingerprint density at radius 1 is 1.28 bits per heavy atom. The molecule has 3 aliphatic rings. The number of benzene rings is 1. The Balaban J connectivity index is 1.71. The van der Waals surface area contributed by atoms with Gasteiger partial charge in [0.05, 0.1) is 12.5 Å². The van der Waals surface area contributed by atoms with Crippen LogP contribution in [0.1, 0.15) is 19.3 Å². The van der Waals surface area contributed by atoms with Gasteiger partial charge >= 0.3 is 5.97 Å². The van der Waals surface area contributed by atoms with Gasteiger partial charge in [-0.25, -0.2) is 0 Å². The molecule has 0 unspecified atom stereocenters. The molecule has 25 heavy (non-hydrogen) atoms. The summed E-state index contributed by atoms with van der Waals surface area (Å²) in [5.74, 6) is -0.743. The van der Waals surface area contributed by atoms with Crippen molar-refractivity contribution in [3.8, 4) is 0 Å². The van der Waals surface area contributed by atoms with Crippen molar-refractivity contribution in [3.05, 3.63) is 42.5 Å². The summed E-state index contributed by atoms with van der Waals surface area (Å²) in [7, 11) is 1.36. The van der Waals surface area contributed by atoms with Gasteiger partial charge in [0.25, 0.3) is 0 Å². The van der Waals surface area contributed by atoms with Crippen LogP contribution in [0, 0.1) is 23.2 Å². The molecule has 0 radical (unpaired) electrons. The lowest BCUT2D eigenvalue weighted by molar-refractivity contribution is -0.144. The third kappa shape index (κ3) is 2.25. The van der Waals surface area contributed by atoms with Crippen molar-refractivity contribution in [1.82, 2.24) is 0 Å². The third-order valence-corrected chi connectivity index (χ3v) is 6.16. The molecule has 1 amide bonds. The average Bonchev–Trinajstić information content (AvgIpc) is 3.07. The average molecular weight is 339 g/mol.